The van der Waals surface area contributed by atoms with Crippen molar-refractivity contribution in [3.8, 4) is 0 Å². The van der Waals surface area contributed by atoms with Crippen LogP contribution < -0.4 is 9.62 Å². The lowest BCUT2D eigenvalue weighted by atomic mass is 10.1. The van der Waals surface area contributed by atoms with Crippen LogP contribution in [0.3, 0.4) is 0 Å². The van der Waals surface area contributed by atoms with Crippen LogP contribution in [0.25, 0.3) is 0 Å². The number of nitrogens with zero attached hydrogens (tertiary/aromatic N) is 2. The van der Waals surface area contributed by atoms with Gasteiger partial charge in [0.25, 0.3) is 10.0 Å². The number of aryl methyl sites for hydroxylation is 2. The minimum Gasteiger partial charge on any atom is -0.352 e. The molecule has 3 aromatic carbocycles. The van der Waals surface area contributed by atoms with Crippen molar-refractivity contribution in [2.75, 3.05) is 10.8 Å². The quantitative estimate of drug-likeness (QED) is 0.305. The predicted octanol–water partition coefficient (Wildman–Crippen LogP) is 5.59. The Morgan fingerprint density at radius 3 is 2.26 bits per heavy atom. The van der Waals surface area contributed by atoms with E-state index in [-0.39, 0.29) is 23.4 Å². The van der Waals surface area contributed by atoms with E-state index in [1.165, 1.54) is 17.0 Å². The number of rotatable bonds is 11. The van der Waals surface area contributed by atoms with Crippen molar-refractivity contribution < 1.29 is 18.0 Å². The van der Waals surface area contributed by atoms with Crippen LogP contribution in [0, 0.1) is 13.8 Å². The van der Waals surface area contributed by atoms with Gasteiger partial charge in [-0.05, 0) is 75.6 Å². The van der Waals surface area contributed by atoms with Crippen molar-refractivity contribution in [2.45, 2.75) is 64.6 Å². The van der Waals surface area contributed by atoms with E-state index in [0.717, 1.165) is 31.9 Å². The molecule has 208 valence electrons. The Kier molecular flexibility index (Phi) is 10.3. The number of anilines is 1. The number of hydrogen-bond acceptors (Lipinski definition) is 4. The Balaban J connectivity index is 2.05. The Labute approximate surface area is 240 Å². The number of carbonyl (C=O) groups is 2. The van der Waals surface area contributed by atoms with Crippen molar-refractivity contribution in [3.63, 3.8) is 0 Å². The largest absolute Gasteiger partial charge is 0.352 e. The first-order chi connectivity index (χ1) is 18.4. The molecule has 0 fully saturated rings. The molecular formula is C30H36BrN3O4S. The van der Waals surface area contributed by atoms with Crippen molar-refractivity contribution in [1.29, 1.82) is 0 Å². The second-order valence-corrected chi connectivity index (χ2v) is 12.5. The molecule has 0 bridgehead atoms. The summed E-state index contributed by atoms with van der Waals surface area (Å²) in [6, 6.07) is 20.1. The van der Waals surface area contributed by atoms with Crippen LogP contribution >= 0.6 is 15.9 Å². The summed E-state index contributed by atoms with van der Waals surface area (Å²) in [6.07, 6.45) is 0.744. The average Bonchev–Trinajstić information content (AvgIpc) is 2.90. The van der Waals surface area contributed by atoms with E-state index in [1.54, 1.807) is 31.2 Å². The molecular weight excluding hydrogens is 578 g/mol. The number of halogens is 1. The highest BCUT2D eigenvalue weighted by Gasteiger charge is 2.33. The van der Waals surface area contributed by atoms with Gasteiger partial charge in [-0.3, -0.25) is 13.9 Å². The molecule has 0 aliphatic rings. The van der Waals surface area contributed by atoms with Crippen molar-refractivity contribution in [1.82, 2.24) is 10.2 Å². The monoisotopic (exact) mass is 613 g/mol. The first-order valence-electron chi connectivity index (χ1n) is 12.9. The smallest absolute Gasteiger partial charge is 0.264 e. The van der Waals surface area contributed by atoms with Crippen LogP contribution in [-0.4, -0.2) is 43.8 Å². The molecule has 2 amide bonds. The molecule has 0 radical (unpaired) electrons. The average molecular weight is 615 g/mol. The third kappa shape index (κ3) is 7.70. The van der Waals surface area contributed by atoms with Gasteiger partial charge in [0.05, 0.1) is 10.6 Å². The van der Waals surface area contributed by atoms with E-state index < -0.39 is 28.5 Å². The van der Waals surface area contributed by atoms with E-state index in [9.17, 15) is 18.0 Å². The molecule has 0 aliphatic carbocycles. The summed E-state index contributed by atoms with van der Waals surface area (Å²) >= 11 is 3.46. The fraction of sp³-hybridized carbons (Fsp3) is 0.333. The van der Waals surface area contributed by atoms with Gasteiger partial charge in [0.2, 0.25) is 11.8 Å². The van der Waals surface area contributed by atoms with E-state index >= 15 is 0 Å². The molecule has 7 nitrogen and oxygen atoms in total. The molecule has 9 heteroatoms. The minimum atomic E-state index is -4.09. The van der Waals surface area contributed by atoms with Gasteiger partial charge in [0, 0.05) is 17.1 Å². The molecule has 3 rings (SSSR count). The van der Waals surface area contributed by atoms with Gasteiger partial charge in [-0.25, -0.2) is 8.42 Å². The van der Waals surface area contributed by atoms with Gasteiger partial charge < -0.3 is 10.2 Å². The highest BCUT2D eigenvalue weighted by Crippen LogP contribution is 2.28. The van der Waals surface area contributed by atoms with Gasteiger partial charge in [-0.1, -0.05) is 70.9 Å². The van der Waals surface area contributed by atoms with Crippen LogP contribution in [0.5, 0.6) is 0 Å². The lowest BCUT2D eigenvalue weighted by Gasteiger charge is -2.33. The van der Waals surface area contributed by atoms with Gasteiger partial charge in [-0.2, -0.15) is 0 Å². The van der Waals surface area contributed by atoms with Crippen LogP contribution in [0.4, 0.5) is 5.69 Å². The molecule has 0 aliphatic heterocycles. The maximum Gasteiger partial charge on any atom is 0.264 e. The lowest BCUT2D eigenvalue weighted by molar-refractivity contribution is -0.139. The summed E-state index contributed by atoms with van der Waals surface area (Å²) in [6.45, 7) is 8.96. The molecule has 0 aromatic heterocycles. The van der Waals surface area contributed by atoms with Crippen molar-refractivity contribution in [3.05, 3.63) is 94.0 Å². The molecule has 1 N–H and O–H groups in total. The molecule has 0 saturated heterocycles. The Morgan fingerprint density at radius 1 is 0.949 bits per heavy atom. The topological polar surface area (TPSA) is 86.8 Å². The van der Waals surface area contributed by atoms with Crippen LogP contribution in [0.2, 0.25) is 0 Å². The zero-order valence-corrected chi connectivity index (χ0v) is 25.4. The molecule has 39 heavy (non-hydrogen) atoms. The van der Waals surface area contributed by atoms with E-state index in [4.69, 9.17) is 0 Å². The molecule has 0 saturated carbocycles. The zero-order chi connectivity index (χ0) is 28.7. The number of sulfonamides is 1. The maximum atomic E-state index is 14.0. The molecule has 0 unspecified atom stereocenters. The van der Waals surface area contributed by atoms with Crippen LogP contribution in [-0.2, 0) is 26.2 Å². The normalized spacial score (nSPS) is 12.9. The molecule has 2 atom stereocenters. The first kappa shape index (κ1) is 30.4. The predicted molar refractivity (Wildman–Crippen MR) is 159 cm³/mol. The van der Waals surface area contributed by atoms with Gasteiger partial charge >= 0.3 is 0 Å². The minimum absolute atomic E-state index is 0.0621. The van der Waals surface area contributed by atoms with Crippen molar-refractivity contribution >= 4 is 43.5 Å². The summed E-state index contributed by atoms with van der Waals surface area (Å²) in [5.41, 5.74) is 2.93. The summed E-state index contributed by atoms with van der Waals surface area (Å²) in [4.78, 5) is 28.7. The van der Waals surface area contributed by atoms with E-state index in [2.05, 4.69) is 21.2 Å². The van der Waals surface area contributed by atoms with E-state index in [0.29, 0.717) is 5.69 Å². The maximum absolute atomic E-state index is 14.0. The number of benzene rings is 3. The fourth-order valence-corrected chi connectivity index (χ4v) is 6.14. The molecule has 0 heterocycles. The standard InChI is InChI=1S/C30H36BrN3O4S/c1-6-23(4)32-30(36)24(5)33(19-25-11-10-12-26(31)18-25)29(35)20-34(28-16-15-21(2)17-22(28)3)39(37,38)27-13-8-7-9-14-27/h7-18,23-24H,6,19-20H2,1-5H3,(H,32,36)/t23-,24-/m0/s1. The highest BCUT2D eigenvalue weighted by atomic mass is 79.9. The number of amides is 2. The molecule has 0 spiro atoms. The second-order valence-electron chi connectivity index (χ2n) is 9.76. The van der Waals surface area contributed by atoms with Gasteiger partial charge in [-0.15, -0.1) is 0 Å². The zero-order valence-electron chi connectivity index (χ0n) is 23.0. The number of nitrogens with one attached hydrogen (secondary N) is 1. The van der Waals surface area contributed by atoms with E-state index in [1.807, 2.05) is 64.1 Å². The summed E-state index contributed by atoms with van der Waals surface area (Å²) in [5.74, 6) is -0.780. The van der Waals surface area contributed by atoms with Crippen LogP contribution in [0.15, 0.2) is 82.2 Å². The van der Waals surface area contributed by atoms with Crippen LogP contribution in [0.1, 0.15) is 43.9 Å². The summed E-state index contributed by atoms with van der Waals surface area (Å²) in [7, 11) is -4.09. The fourth-order valence-electron chi connectivity index (χ4n) is 4.20. The Hall–Kier alpha value is -3.17. The highest BCUT2D eigenvalue weighted by molar-refractivity contribution is 9.10. The number of hydrogen-bond donors (Lipinski definition) is 1. The summed E-state index contributed by atoms with van der Waals surface area (Å²) in [5, 5.41) is 2.94. The summed E-state index contributed by atoms with van der Waals surface area (Å²) < 4.78 is 29.8. The second kappa shape index (κ2) is 13.3. The lowest BCUT2D eigenvalue weighted by Crippen LogP contribution is -2.52. The third-order valence-electron chi connectivity index (χ3n) is 6.64. The van der Waals surface area contributed by atoms with Gasteiger partial charge in [0.15, 0.2) is 0 Å². The Morgan fingerprint density at radius 2 is 1.64 bits per heavy atom. The molecule has 3 aromatic rings. The van der Waals surface area contributed by atoms with Gasteiger partial charge in [0.1, 0.15) is 12.6 Å². The Bertz CT molecular complexity index is 1410. The SMILES string of the molecule is CC[C@H](C)NC(=O)[C@H](C)N(Cc1cccc(Br)c1)C(=O)CN(c1ccc(C)cc1C)S(=O)(=O)c1ccccc1. The third-order valence-corrected chi connectivity index (χ3v) is 8.91. The first-order valence-corrected chi connectivity index (χ1v) is 15.2. The van der Waals surface area contributed by atoms with Crippen molar-refractivity contribution in [2.24, 2.45) is 0 Å². The number of carbonyl (C=O) groups excluding carboxylic acids is 2.